The van der Waals surface area contributed by atoms with E-state index in [-0.39, 0.29) is 18.4 Å². The highest BCUT2D eigenvalue weighted by atomic mass is 16.4. The molecule has 4 rings (SSSR count). The summed E-state index contributed by atoms with van der Waals surface area (Å²) >= 11 is 0. The van der Waals surface area contributed by atoms with Gasteiger partial charge in [0.1, 0.15) is 0 Å². The molecule has 1 atom stereocenters. The first kappa shape index (κ1) is 24.6. The van der Waals surface area contributed by atoms with E-state index < -0.39 is 5.97 Å². The number of aryl methyl sites for hydroxylation is 1. The maximum atomic E-state index is 13.0. The largest absolute Gasteiger partial charge is 0.481 e. The maximum Gasteiger partial charge on any atom is 0.303 e. The fraction of sp³-hybridized carbons (Fsp3) is 0.207. The van der Waals surface area contributed by atoms with Gasteiger partial charge in [0, 0.05) is 17.5 Å². The second-order valence-electron chi connectivity index (χ2n) is 8.62. The third kappa shape index (κ3) is 5.91. The molecule has 1 amide bonds. The molecule has 0 aliphatic rings. The first-order valence-corrected chi connectivity index (χ1v) is 11.8. The average molecular weight is 479 g/mol. The molecule has 0 aliphatic heterocycles. The Labute approximate surface area is 209 Å². The zero-order chi connectivity index (χ0) is 25.5. The summed E-state index contributed by atoms with van der Waals surface area (Å²) in [7, 11) is 0. The number of hydrogen-bond acceptors (Lipinski definition) is 5. The van der Waals surface area contributed by atoms with Crippen LogP contribution in [0.4, 0.5) is 0 Å². The molecule has 3 aromatic carbocycles. The number of carbonyl (C=O) groups is 2. The van der Waals surface area contributed by atoms with Gasteiger partial charge in [0.25, 0.3) is 5.91 Å². The number of carboxylic acids is 1. The van der Waals surface area contributed by atoms with Crippen molar-refractivity contribution in [2.45, 2.75) is 38.6 Å². The van der Waals surface area contributed by atoms with Crippen molar-refractivity contribution in [1.82, 2.24) is 15.3 Å². The summed E-state index contributed by atoms with van der Waals surface area (Å²) in [6, 6.07) is 24.0. The summed E-state index contributed by atoms with van der Waals surface area (Å²) in [5.41, 5.74) is 5.73. The van der Waals surface area contributed by atoms with Gasteiger partial charge in [-0.15, -0.1) is 0 Å². The number of hydrogen-bond donors (Lipinski definition) is 2. The highest BCUT2D eigenvalue weighted by molar-refractivity contribution is 5.97. The Bertz CT molecular complexity index is 1430. The summed E-state index contributed by atoms with van der Waals surface area (Å²) in [4.78, 5) is 33.6. The summed E-state index contributed by atoms with van der Waals surface area (Å²) in [6.45, 7) is 1.89. The Morgan fingerprint density at radius 1 is 0.972 bits per heavy atom. The van der Waals surface area contributed by atoms with Crippen LogP contribution in [-0.2, 0) is 11.2 Å². The summed E-state index contributed by atoms with van der Waals surface area (Å²) in [6.07, 6.45) is 1.93. The SMILES string of the molecule is C[C@@H](NC(=O)c1ccc2nc(-c3ccccc3)c(CCCCC(=O)O)nc2c1)c1ccc(C#N)cc1. The Morgan fingerprint density at radius 3 is 2.42 bits per heavy atom. The number of amides is 1. The van der Waals surface area contributed by atoms with Gasteiger partial charge in [-0.2, -0.15) is 5.26 Å². The molecule has 0 saturated carbocycles. The molecule has 180 valence electrons. The third-order valence-electron chi connectivity index (χ3n) is 5.99. The van der Waals surface area contributed by atoms with Crippen LogP contribution in [0.25, 0.3) is 22.3 Å². The molecule has 2 N–H and O–H groups in total. The summed E-state index contributed by atoms with van der Waals surface area (Å²) in [5.74, 6) is -1.04. The van der Waals surface area contributed by atoms with Gasteiger partial charge in [0.15, 0.2) is 0 Å². The van der Waals surface area contributed by atoms with Crippen LogP contribution in [0.5, 0.6) is 0 Å². The van der Waals surface area contributed by atoms with Gasteiger partial charge >= 0.3 is 5.97 Å². The number of carboxylic acid groups (broad SMARTS) is 1. The Balaban J connectivity index is 1.59. The zero-order valence-corrected chi connectivity index (χ0v) is 19.9. The lowest BCUT2D eigenvalue weighted by Gasteiger charge is -2.15. The van der Waals surface area contributed by atoms with E-state index in [1.54, 1.807) is 30.3 Å². The normalized spacial score (nSPS) is 11.6. The van der Waals surface area contributed by atoms with Gasteiger partial charge in [-0.1, -0.05) is 42.5 Å². The summed E-state index contributed by atoms with van der Waals surface area (Å²) in [5, 5.41) is 20.9. The lowest BCUT2D eigenvalue weighted by atomic mass is 10.0. The van der Waals surface area contributed by atoms with Crippen LogP contribution in [0.1, 0.15) is 59.4 Å². The first-order valence-electron chi connectivity index (χ1n) is 11.8. The second-order valence-corrected chi connectivity index (χ2v) is 8.62. The number of nitrogens with one attached hydrogen (secondary N) is 1. The molecule has 0 bridgehead atoms. The van der Waals surface area contributed by atoms with Crippen molar-refractivity contribution in [3.05, 3.63) is 95.2 Å². The van der Waals surface area contributed by atoms with E-state index in [4.69, 9.17) is 20.3 Å². The van der Waals surface area contributed by atoms with Crippen molar-refractivity contribution in [2.75, 3.05) is 0 Å². The van der Waals surface area contributed by atoms with Crippen LogP contribution in [0, 0.1) is 11.3 Å². The number of unbranched alkanes of at least 4 members (excludes halogenated alkanes) is 1. The van der Waals surface area contributed by atoms with E-state index in [1.807, 2.05) is 49.4 Å². The molecule has 1 aromatic heterocycles. The molecule has 0 saturated heterocycles. The molecule has 0 radical (unpaired) electrons. The molecule has 7 heteroatoms. The number of rotatable bonds is 9. The van der Waals surface area contributed by atoms with Crippen molar-refractivity contribution in [3.63, 3.8) is 0 Å². The van der Waals surface area contributed by atoms with Crippen LogP contribution in [0.3, 0.4) is 0 Å². The predicted octanol–water partition coefficient (Wildman–Crippen LogP) is 5.46. The van der Waals surface area contributed by atoms with Crippen LogP contribution >= 0.6 is 0 Å². The molecule has 0 unspecified atom stereocenters. The minimum absolute atomic E-state index is 0.115. The molecule has 7 nitrogen and oxygen atoms in total. The van der Waals surface area contributed by atoms with Gasteiger partial charge in [-0.05, 0) is 62.1 Å². The van der Waals surface area contributed by atoms with E-state index in [9.17, 15) is 9.59 Å². The van der Waals surface area contributed by atoms with Crippen molar-refractivity contribution >= 4 is 22.9 Å². The van der Waals surface area contributed by atoms with Crippen molar-refractivity contribution in [1.29, 1.82) is 5.26 Å². The second kappa shape index (κ2) is 11.2. The summed E-state index contributed by atoms with van der Waals surface area (Å²) < 4.78 is 0. The fourth-order valence-corrected chi connectivity index (χ4v) is 4.01. The lowest BCUT2D eigenvalue weighted by molar-refractivity contribution is -0.137. The molecule has 0 aliphatic carbocycles. The van der Waals surface area contributed by atoms with Crippen LogP contribution in [0.2, 0.25) is 0 Å². The first-order chi connectivity index (χ1) is 17.4. The van der Waals surface area contributed by atoms with E-state index in [1.165, 1.54) is 0 Å². The minimum Gasteiger partial charge on any atom is -0.481 e. The maximum absolute atomic E-state index is 13.0. The molecule has 0 spiro atoms. The van der Waals surface area contributed by atoms with Crippen molar-refractivity contribution < 1.29 is 14.7 Å². The topological polar surface area (TPSA) is 116 Å². The van der Waals surface area contributed by atoms with Crippen LogP contribution in [0.15, 0.2) is 72.8 Å². The highest BCUT2D eigenvalue weighted by Gasteiger charge is 2.15. The zero-order valence-electron chi connectivity index (χ0n) is 19.9. The van der Waals surface area contributed by atoms with Crippen molar-refractivity contribution in [3.8, 4) is 17.3 Å². The lowest BCUT2D eigenvalue weighted by Crippen LogP contribution is -2.26. The molecule has 4 aromatic rings. The van der Waals surface area contributed by atoms with E-state index in [2.05, 4.69) is 11.4 Å². The minimum atomic E-state index is -0.811. The number of carbonyl (C=O) groups excluding carboxylic acids is 1. The van der Waals surface area contributed by atoms with E-state index in [0.717, 1.165) is 22.5 Å². The van der Waals surface area contributed by atoms with Crippen LogP contribution in [-0.4, -0.2) is 27.0 Å². The number of aliphatic carboxylic acids is 1. The van der Waals surface area contributed by atoms with E-state index in [0.29, 0.717) is 41.4 Å². The van der Waals surface area contributed by atoms with Gasteiger partial charge in [0.2, 0.25) is 0 Å². The monoisotopic (exact) mass is 478 g/mol. The number of nitrogens with zero attached hydrogens (tertiary/aromatic N) is 3. The van der Waals surface area contributed by atoms with Gasteiger partial charge < -0.3 is 10.4 Å². The quantitative estimate of drug-likeness (QED) is 0.309. The highest BCUT2D eigenvalue weighted by Crippen LogP contribution is 2.25. The van der Waals surface area contributed by atoms with Crippen molar-refractivity contribution in [2.24, 2.45) is 0 Å². The smallest absolute Gasteiger partial charge is 0.303 e. The average Bonchev–Trinajstić information content (AvgIpc) is 2.90. The Kier molecular flexibility index (Phi) is 7.66. The molecular weight excluding hydrogens is 452 g/mol. The predicted molar refractivity (Wildman–Crippen MR) is 137 cm³/mol. The van der Waals surface area contributed by atoms with Gasteiger partial charge in [-0.3, -0.25) is 9.59 Å². The van der Waals surface area contributed by atoms with Crippen LogP contribution < -0.4 is 5.32 Å². The fourth-order valence-electron chi connectivity index (χ4n) is 4.01. The number of fused-ring (bicyclic) bond motifs is 1. The van der Waals surface area contributed by atoms with E-state index >= 15 is 0 Å². The number of nitriles is 1. The molecular formula is C29H26N4O3. The Morgan fingerprint density at radius 2 is 1.72 bits per heavy atom. The Hall–Kier alpha value is -4.57. The molecule has 1 heterocycles. The molecule has 36 heavy (non-hydrogen) atoms. The number of benzene rings is 3. The molecule has 0 fully saturated rings. The van der Waals surface area contributed by atoms with Gasteiger partial charge in [-0.25, -0.2) is 9.97 Å². The standard InChI is InChI=1S/C29H26N4O3/c1-19(21-13-11-20(18-30)12-14-21)31-29(36)23-15-16-24-26(17-23)32-25(9-5-6-10-27(34)35)28(33-24)22-7-3-2-4-8-22/h2-4,7-8,11-17,19H,5-6,9-10H2,1H3,(H,31,36)(H,34,35)/t19-/m1/s1. The number of aromatic nitrogens is 2. The van der Waals surface area contributed by atoms with Gasteiger partial charge in [0.05, 0.1) is 40.1 Å². The third-order valence-corrected chi connectivity index (χ3v) is 5.99.